The second-order valence-electron chi connectivity index (χ2n) is 4.94. The quantitative estimate of drug-likeness (QED) is 0.843. The molecule has 2 atom stereocenters. The van der Waals surface area contributed by atoms with E-state index in [1.54, 1.807) is 6.07 Å². The maximum atomic E-state index is 11.1. The Morgan fingerprint density at radius 3 is 3.11 bits per heavy atom. The van der Waals surface area contributed by atoms with E-state index in [0.29, 0.717) is 18.5 Å². The van der Waals surface area contributed by atoms with Gasteiger partial charge < -0.3 is 14.7 Å². The van der Waals surface area contributed by atoms with E-state index in [-0.39, 0.29) is 16.8 Å². The number of rotatable bonds is 2. The molecule has 2 unspecified atom stereocenters. The summed E-state index contributed by atoms with van der Waals surface area (Å²) in [5.74, 6) is -0.341. The first-order valence-electron chi connectivity index (χ1n) is 6.44. The number of anilines is 1. The smallest absolute Gasteiger partial charge is 0.335 e. The third-order valence-corrected chi connectivity index (χ3v) is 4.00. The Balaban J connectivity index is 1.94. The van der Waals surface area contributed by atoms with Gasteiger partial charge >= 0.3 is 5.97 Å². The minimum absolute atomic E-state index is 0.177. The Bertz CT molecular complexity index is 509. The molecule has 102 valence electrons. The zero-order chi connectivity index (χ0) is 13.4. The van der Waals surface area contributed by atoms with Crippen molar-refractivity contribution in [3.05, 3.63) is 22.8 Å². The van der Waals surface area contributed by atoms with Crippen molar-refractivity contribution in [2.24, 2.45) is 0 Å². The summed E-state index contributed by atoms with van der Waals surface area (Å²) in [6, 6.07) is 3.26. The van der Waals surface area contributed by atoms with E-state index in [4.69, 9.17) is 21.4 Å². The molecule has 1 saturated heterocycles. The van der Waals surface area contributed by atoms with E-state index in [0.717, 1.165) is 25.8 Å². The maximum Gasteiger partial charge on any atom is 0.335 e. The van der Waals surface area contributed by atoms with Crippen LogP contribution < -0.4 is 4.90 Å². The molecule has 3 rings (SSSR count). The van der Waals surface area contributed by atoms with Gasteiger partial charge in [-0.1, -0.05) is 11.6 Å². The molecule has 0 spiro atoms. The Kier molecular flexibility index (Phi) is 3.33. The number of ether oxygens (including phenoxy) is 1. The zero-order valence-electron chi connectivity index (χ0n) is 10.4. The van der Waals surface area contributed by atoms with Crippen LogP contribution in [0.2, 0.25) is 5.15 Å². The highest BCUT2D eigenvalue weighted by molar-refractivity contribution is 6.29. The number of halogens is 1. The first-order valence-corrected chi connectivity index (χ1v) is 6.82. The topological polar surface area (TPSA) is 62.7 Å². The highest BCUT2D eigenvalue weighted by Gasteiger charge is 2.36. The minimum atomic E-state index is -0.984. The molecule has 0 radical (unpaired) electrons. The average Bonchev–Trinajstić information content (AvgIpc) is 2.85. The summed E-state index contributed by atoms with van der Waals surface area (Å²) >= 11 is 5.92. The van der Waals surface area contributed by atoms with Crippen LogP contribution in [-0.2, 0) is 4.74 Å². The monoisotopic (exact) mass is 282 g/mol. The van der Waals surface area contributed by atoms with Crippen LogP contribution in [0, 0.1) is 0 Å². The van der Waals surface area contributed by atoms with Gasteiger partial charge in [0.25, 0.3) is 0 Å². The van der Waals surface area contributed by atoms with Gasteiger partial charge in [0.15, 0.2) is 0 Å². The fourth-order valence-electron chi connectivity index (χ4n) is 2.96. The van der Waals surface area contributed by atoms with Gasteiger partial charge in [-0.15, -0.1) is 0 Å². The molecule has 0 bridgehead atoms. The highest BCUT2D eigenvalue weighted by Crippen LogP contribution is 2.33. The van der Waals surface area contributed by atoms with Crippen LogP contribution in [0.5, 0.6) is 0 Å². The van der Waals surface area contributed by atoms with E-state index < -0.39 is 5.97 Å². The SMILES string of the molecule is O=C(O)c1cc(Cl)nc(N2CCOC3CCCC32)c1. The molecular weight excluding hydrogens is 268 g/mol. The summed E-state index contributed by atoms with van der Waals surface area (Å²) in [6.07, 6.45) is 3.50. The largest absolute Gasteiger partial charge is 0.478 e. The number of pyridine rings is 1. The van der Waals surface area contributed by atoms with Crippen LogP contribution in [0.25, 0.3) is 0 Å². The molecule has 19 heavy (non-hydrogen) atoms. The Labute approximate surface area is 116 Å². The second-order valence-corrected chi connectivity index (χ2v) is 5.33. The summed E-state index contributed by atoms with van der Waals surface area (Å²) < 4.78 is 5.74. The summed E-state index contributed by atoms with van der Waals surface area (Å²) in [7, 11) is 0. The summed E-state index contributed by atoms with van der Waals surface area (Å²) in [6.45, 7) is 1.38. The lowest BCUT2D eigenvalue weighted by Gasteiger charge is -2.38. The van der Waals surface area contributed by atoms with Crippen molar-refractivity contribution in [2.45, 2.75) is 31.4 Å². The van der Waals surface area contributed by atoms with Crippen LogP contribution in [-0.4, -0.2) is 41.4 Å². The lowest BCUT2D eigenvalue weighted by atomic mass is 10.1. The van der Waals surface area contributed by atoms with Crippen LogP contribution >= 0.6 is 11.6 Å². The number of carboxylic acids is 1. The first-order chi connectivity index (χ1) is 9.15. The Hall–Kier alpha value is -1.33. The maximum absolute atomic E-state index is 11.1. The van der Waals surface area contributed by atoms with Crippen molar-refractivity contribution in [1.29, 1.82) is 0 Å². The number of aromatic nitrogens is 1. The Morgan fingerprint density at radius 2 is 2.32 bits per heavy atom. The minimum Gasteiger partial charge on any atom is -0.478 e. The number of fused-ring (bicyclic) bond motifs is 1. The summed E-state index contributed by atoms with van der Waals surface area (Å²) in [4.78, 5) is 17.5. The normalized spacial score (nSPS) is 26.3. The number of aromatic carboxylic acids is 1. The molecular formula is C13H15ClN2O3. The van der Waals surface area contributed by atoms with Crippen LogP contribution in [0.3, 0.4) is 0 Å². The lowest BCUT2D eigenvalue weighted by molar-refractivity contribution is 0.0253. The van der Waals surface area contributed by atoms with E-state index in [1.165, 1.54) is 6.07 Å². The third kappa shape index (κ3) is 2.40. The molecule has 2 heterocycles. The van der Waals surface area contributed by atoms with Gasteiger partial charge in [-0.3, -0.25) is 0 Å². The van der Waals surface area contributed by atoms with Crippen LogP contribution in [0.4, 0.5) is 5.82 Å². The van der Waals surface area contributed by atoms with Gasteiger partial charge in [0, 0.05) is 6.54 Å². The van der Waals surface area contributed by atoms with Crippen molar-refractivity contribution in [2.75, 3.05) is 18.1 Å². The standard InChI is InChI=1S/C13H15ClN2O3/c14-11-6-8(13(17)18)7-12(15-11)16-4-5-19-10-3-1-2-9(10)16/h6-7,9-10H,1-5H2,(H,17,18). The number of carbonyl (C=O) groups is 1. The van der Waals surface area contributed by atoms with Gasteiger partial charge in [0.2, 0.25) is 0 Å². The van der Waals surface area contributed by atoms with Gasteiger partial charge in [-0.25, -0.2) is 9.78 Å². The molecule has 5 nitrogen and oxygen atoms in total. The van der Waals surface area contributed by atoms with E-state index in [2.05, 4.69) is 9.88 Å². The second kappa shape index (κ2) is 4.98. The predicted molar refractivity (Wildman–Crippen MR) is 70.9 cm³/mol. The van der Waals surface area contributed by atoms with Gasteiger partial charge in [0.1, 0.15) is 11.0 Å². The fraction of sp³-hybridized carbons (Fsp3) is 0.538. The van der Waals surface area contributed by atoms with Gasteiger partial charge in [-0.2, -0.15) is 0 Å². The van der Waals surface area contributed by atoms with Crippen LogP contribution in [0.1, 0.15) is 29.6 Å². The molecule has 1 N–H and O–H groups in total. The van der Waals surface area contributed by atoms with Crippen molar-refractivity contribution in [3.63, 3.8) is 0 Å². The highest BCUT2D eigenvalue weighted by atomic mass is 35.5. The molecule has 1 aliphatic heterocycles. The fourth-order valence-corrected chi connectivity index (χ4v) is 3.17. The van der Waals surface area contributed by atoms with Crippen LogP contribution in [0.15, 0.2) is 12.1 Å². The van der Waals surface area contributed by atoms with Crippen molar-refractivity contribution >= 4 is 23.4 Å². The molecule has 0 aromatic carbocycles. The number of carboxylic acid groups (broad SMARTS) is 1. The van der Waals surface area contributed by atoms with E-state index in [9.17, 15) is 4.79 Å². The molecule has 2 fully saturated rings. The molecule has 1 aromatic rings. The molecule has 6 heteroatoms. The molecule has 2 aliphatic rings. The average molecular weight is 283 g/mol. The summed E-state index contributed by atoms with van der Waals surface area (Å²) in [5, 5.41) is 9.31. The number of morpholine rings is 1. The van der Waals surface area contributed by atoms with E-state index in [1.807, 2.05) is 0 Å². The van der Waals surface area contributed by atoms with Crippen molar-refractivity contribution in [3.8, 4) is 0 Å². The molecule has 1 saturated carbocycles. The summed E-state index contributed by atoms with van der Waals surface area (Å²) in [5.41, 5.74) is 0.177. The van der Waals surface area contributed by atoms with Gasteiger partial charge in [-0.05, 0) is 31.4 Å². The van der Waals surface area contributed by atoms with Crippen molar-refractivity contribution in [1.82, 2.24) is 4.98 Å². The molecule has 1 aliphatic carbocycles. The Morgan fingerprint density at radius 1 is 1.47 bits per heavy atom. The third-order valence-electron chi connectivity index (χ3n) is 3.80. The number of hydrogen-bond acceptors (Lipinski definition) is 4. The van der Waals surface area contributed by atoms with E-state index >= 15 is 0 Å². The lowest BCUT2D eigenvalue weighted by Crippen LogP contribution is -2.49. The zero-order valence-corrected chi connectivity index (χ0v) is 11.1. The van der Waals surface area contributed by atoms with Crippen molar-refractivity contribution < 1.29 is 14.6 Å². The number of hydrogen-bond donors (Lipinski definition) is 1. The number of nitrogens with zero attached hydrogens (tertiary/aromatic N) is 2. The molecule has 0 amide bonds. The predicted octanol–water partition coefficient (Wildman–Crippen LogP) is 2.19. The molecule has 1 aromatic heterocycles. The van der Waals surface area contributed by atoms with Gasteiger partial charge in [0.05, 0.1) is 24.3 Å². The first kappa shape index (κ1) is 12.7.